The van der Waals surface area contributed by atoms with Crippen LogP contribution >= 0.6 is 0 Å². The highest BCUT2D eigenvalue weighted by Gasteiger charge is 2.18. The van der Waals surface area contributed by atoms with Crippen molar-refractivity contribution >= 4 is 11.5 Å². The van der Waals surface area contributed by atoms with Gasteiger partial charge in [0.2, 0.25) is 5.82 Å². The van der Waals surface area contributed by atoms with E-state index in [9.17, 15) is 10.1 Å². The molecule has 0 radical (unpaired) electrons. The van der Waals surface area contributed by atoms with Crippen LogP contribution in [0.4, 0.5) is 11.5 Å². The van der Waals surface area contributed by atoms with Gasteiger partial charge in [0.05, 0.1) is 11.0 Å². The van der Waals surface area contributed by atoms with Crippen molar-refractivity contribution in [2.24, 2.45) is 0 Å². The first-order valence-corrected chi connectivity index (χ1v) is 6.13. The van der Waals surface area contributed by atoms with Gasteiger partial charge in [0.1, 0.15) is 0 Å². The van der Waals surface area contributed by atoms with E-state index in [2.05, 4.69) is 10.3 Å². The fourth-order valence-electron chi connectivity index (χ4n) is 2.01. The second-order valence-corrected chi connectivity index (χ2v) is 4.51. The van der Waals surface area contributed by atoms with Crippen LogP contribution in [0.25, 0.3) is 0 Å². The van der Waals surface area contributed by atoms with Gasteiger partial charge in [-0.2, -0.15) is 0 Å². The quantitative estimate of drug-likeness (QED) is 0.656. The molecule has 6 heteroatoms. The Hall–Kier alpha value is -1.69. The highest BCUT2D eigenvalue weighted by molar-refractivity contribution is 5.56. The Kier molecular flexibility index (Phi) is 4.09. The Bertz CT molecular complexity index is 431. The molecular weight excluding hydrogens is 234 g/mol. The number of hydrogen-bond acceptors (Lipinski definition) is 5. The third-order valence-corrected chi connectivity index (χ3v) is 2.97. The lowest BCUT2D eigenvalue weighted by atomic mass is 10.1. The summed E-state index contributed by atoms with van der Waals surface area (Å²) < 4.78 is 5.56. The fourth-order valence-corrected chi connectivity index (χ4v) is 2.01. The molecule has 0 amide bonds. The smallest absolute Gasteiger partial charge is 0.311 e. The van der Waals surface area contributed by atoms with Crippen molar-refractivity contribution in [3.63, 3.8) is 0 Å². The number of nitro groups is 1. The summed E-state index contributed by atoms with van der Waals surface area (Å²) in [6, 6.07) is 1.52. The van der Waals surface area contributed by atoms with E-state index >= 15 is 0 Å². The summed E-state index contributed by atoms with van der Waals surface area (Å²) in [5, 5.41) is 13.9. The summed E-state index contributed by atoms with van der Waals surface area (Å²) in [6.07, 6.45) is 4.99. The summed E-state index contributed by atoms with van der Waals surface area (Å²) >= 11 is 0. The normalized spacial score (nSPS) is 19.5. The van der Waals surface area contributed by atoms with Gasteiger partial charge in [0, 0.05) is 25.4 Å². The van der Waals surface area contributed by atoms with Crippen molar-refractivity contribution in [3.05, 3.63) is 27.9 Å². The molecule has 1 unspecified atom stereocenters. The van der Waals surface area contributed by atoms with Gasteiger partial charge in [-0.1, -0.05) is 0 Å². The molecule has 98 valence electrons. The number of ether oxygens (including phenoxy) is 1. The number of pyridine rings is 1. The standard InChI is InChI=1S/C12H17N3O3/c1-9-6-11(15(16)17)12(13-7-9)14-8-10-4-2-3-5-18-10/h6-7,10H,2-5,8H2,1H3,(H,13,14). The second-order valence-electron chi connectivity index (χ2n) is 4.51. The van der Waals surface area contributed by atoms with Gasteiger partial charge in [-0.25, -0.2) is 4.98 Å². The first kappa shape index (κ1) is 12.8. The van der Waals surface area contributed by atoms with Crippen LogP contribution in [0.1, 0.15) is 24.8 Å². The maximum absolute atomic E-state index is 10.9. The fraction of sp³-hybridized carbons (Fsp3) is 0.583. The zero-order valence-electron chi connectivity index (χ0n) is 10.4. The minimum absolute atomic E-state index is 0.0193. The Morgan fingerprint density at radius 1 is 1.61 bits per heavy atom. The molecule has 2 rings (SSSR count). The largest absolute Gasteiger partial charge is 0.376 e. The van der Waals surface area contributed by atoms with E-state index in [0.717, 1.165) is 31.4 Å². The Morgan fingerprint density at radius 2 is 2.44 bits per heavy atom. The molecule has 1 aromatic rings. The van der Waals surface area contributed by atoms with Crippen LogP contribution in [0.3, 0.4) is 0 Å². The van der Waals surface area contributed by atoms with Gasteiger partial charge in [0.15, 0.2) is 0 Å². The molecular formula is C12H17N3O3. The molecule has 0 spiro atoms. The van der Waals surface area contributed by atoms with Crippen molar-refractivity contribution in [2.45, 2.75) is 32.3 Å². The van der Waals surface area contributed by atoms with Crippen LogP contribution < -0.4 is 5.32 Å². The number of rotatable bonds is 4. The average molecular weight is 251 g/mol. The predicted octanol–water partition coefficient (Wildman–Crippen LogP) is 2.28. The molecule has 2 heterocycles. The predicted molar refractivity (Wildman–Crippen MR) is 67.7 cm³/mol. The van der Waals surface area contributed by atoms with Crippen LogP contribution in [0.5, 0.6) is 0 Å². The zero-order chi connectivity index (χ0) is 13.0. The lowest BCUT2D eigenvalue weighted by Crippen LogP contribution is -2.27. The van der Waals surface area contributed by atoms with Crippen LogP contribution in [-0.4, -0.2) is 29.2 Å². The molecule has 1 atom stereocenters. The molecule has 1 aliphatic rings. The first-order valence-electron chi connectivity index (χ1n) is 6.13. The van der Waals surface area contributed by atoms with E-state index < -0.39 is 4.92 Å². The summed E-state index contributed by atoms with van der Waals surface area (Å²) in [5.41, 5.74) is 0.798. The van der Waals surface area contributed by atoms with Gasteiger partial charge in [-0.15, -0.1) is 0 Å². The molecule has 1 aliphatic heterocycles. The monoisotopic (exact) mass is 251 g/mol. The molecule has 1 fully saturated rings. The Labute approximate surface area is 106 Å². The summed E-state index contributed by atoms with van der Waals surface area (Å²) in [6.45, 7) is 3.13. The summed E-state index contributed by atoms with van der Waals surface area (Å²) in [7, 11) is 0. The summed E-state index contributed by atoms with van der Waals surface area (Å²) in [5.74, 6) is 0.319. The molecule has 6 nitrogen and oxygen atoms in total. The third kappa shape index (κ3) is 3.16. The highest BCUT2D eigenvalue weighted by atomic mass is 16.6. The molecule has 0 bridgehead atoms. The molecule has 0 saturated carbocycles. The molecule has 18 heavy (non-hydrogen) atoms. The zero-order valence-corrected chi connectivity index (χ0v) is 10.4. The van der Waals surface area contributed by atoms with Crippen LogP contribution in [0.2, 0.25) is 0 Å². The topological polar surface area (TPSA) is 77.3 Å². The van der Waals surface area contributed by atoms with Crippen LogP contribution in [-0.2, 0) is 4.74 Å². The average Bonchev–Trinajstić information content (AvgIpc) is 2.38. The van der Waals surface area contributed by atoms with Crippen molar-refractivity contribution in [2.75, 3.05) is 18.5 Å². The van der Waals surface area contributed by atoms with Crippen molar-refractivity contribution < 1.29 is 9.66 Å². The lowest BCUT2D eigenvalue weighted by molar-refractivity contribution is -0.384. The van der Waals surface area contributed by atoms with Gasteiger partial charge in [-0.3, -0.25) is 10.1 Å². The molecule has 0 aromatic carbocycles. The molecule has 1 aromatic heterocycles. The maximum atomic E-state index is 10.9. The number of hydrogen-bond donors (Lipinski definition) is 1. The van der Waals surface area contributed by atoms with Crippen molar-refractivity contribution in [1.82, 2.24) is 4.98 Å². The van der Waals surface area contributed by atoms with E-state index in [1.165, 1.54) is 6.07 Å². The second kappa shape index (κ2) is 5.77. The van der Waals surface area contributed by atoms with Gasteiger partial charge in [-0.05, 0) is 31.7 Å². The first-order chi connectivity index (χ1) is 8.66. The number of nitrogens with one attached hydrogen (secondary N) is 1. The van der Waals surface area contributed by atoms with E-state index in [1.807, 2.05) is 0 Å². The minimum Gasteiger partial charge on any atom is -0.376 e. The van der Waals surface area contributed by atoms with Gasteiger partial charge in [0.25, 0.3) is 0 Å². The highest BCUT2D eigenvalue weighted by Crippen LogP contribution is 2.23. The number of nitrogens with zero attached hydrogens (tertiary/aromatic N) is 2. The molecule has 0 aliphatic carbocycles. The van der Waals surface area contributed by atoms with Crippen molar-refractivity contribution in [1.29, 1.82) is 0 Å². The Balaban J connectivity index is 2.01. The van der Waals surface area contributed by atoms with E-state index in [-0.39, 0.29) is 11.8 Å². The Morgan fingerprint density at radius 3 is 3.11 bits per heavy atom. The molecule has 1 saturated heterocycles. The van der Waals surface area contributed by atoms with E-state index in [1.54, 1.807) is 13.1 Å². The number of aryl methyl sites for hydroxylation is 1. The van der Waals surface area contributed by atoms with E-state index in [4.69, 9.17) is 4.74 Å². The van der Waals surface area contributed by atoms with Crippen LogP contribution in [0.15, 0.2) is 12.3 Å². The van der Waals surface area contributed by atoms with Crippen molar-refractivity contribution in [3.8, 4) is 0 Å². The maximum Gasteiger partial charge on any atom is 0.311 e. The minimum atomic E-state index is -0.413. The van der Waals surface area contributed by atoms with Gasteiger partial charge >= 0.3 is 5.69 Å². The van der Waals surface area contributed by atoms with E-state index in [0.29, 0.717) is 12.4 Å². The SMILES string of the molecule is Cc1cnc(NCC2CCCCO2)c([N+](=O)[O-])c1. The lowest BCUT2D eigenvalue weighted by Gasteiger charge is -2.22. The van der Waals surface area contributed by atoms with Gasteiger partial charge < -0.3 is 10.1 Å². The van der Waals surface area contributed by atoms with Crippen LogP contribution in [0, 0.1) is 17.0 Å². The third-order valence-electron chi connectivity index (χ3n) is 2.97. The summed E-state index contributed by atoms with van der Waals surface area (Å²) in [4.78, 5) is 14.6. The number of anilines is 1. The molecule has 1 N–H and O–H groups in total. The number of aromatic nitrogens is 1.